The quantitative estimate of drug-likeness (QED) is 0.631. The first-order valence-electron chi connectivity index (χ1n) is 10.9. The molecule has 170 valence electrons. The number of fused-ring (bicyclic) bond motifs is 1. The lowest BCUT2D eigenvalue weighted by molar-refractivity contribution is -0.120. The Labute approximate surface area is 190 Å². The molecule has 0 radical (unpaired) electrons. The van der Waals surface area contributed by atoms with Crippen molar-refractivity contribution in [2.75, 3.05) is 11.9 Å². The van der Waals surface area contributed by atoms with Crippen LogP contribution in [0.1, 0.15) is 29.9 Å². The van der Waals surface area contributed by atoms with Gasteiger partial charge in [-0.1, -0.05) is 18.2 Å². The number of anilines is 1. The molecule has 0 aromatic carbocycles. The lowest BCUT2D eigenvalue weighted by Crippen LogP contribution is -2.47. The van der Waals surface area contributed by atoms with Gasteiger partial charge in [0.15, 0.2) is 0 Å². The number of hydrogen-bond donors (Lipinski definition) is 1. The van der Waals surface area contributed by atoms with E-state index >= 15 is 0 Å². The predicted molar refractivity (Wildman–Crippen MR) is 120 cm³/mol. The second-order valence-electron chi connectivity index (χ2n) is 8.22. The Bertz CT molecular complexity index is 1260. The van der Waals surface area contributed by atoms with Crippen molar-refractivity contribution in [3.05, 3.63) is 54.3 Å². The Hall–Kier alpha value is -4.02. The summed E-state index contributed by atoms with van der Waals surface area (Å²) in [6, 6.07) is 3.01. The number of rotatable bonds is 5. The van der Waals surface area contributed by atoms with Crippen LogP contribution in [0.2, 0.25) is 0 Å². The molecule has 0 saturated heterocycles. The molecule has 2 aliphatic rings. The molecule has 5 rings (SSSR count). The SMILES string of the molecule is CN1C(=O)C(NC(=O)c2ncn(CC3=CCCC=C3)n2)CCn2nc(-c3ccn(C)n3)cc21. The topological polar surface area (TPSA) is 116 Å². The van der Waals surface area contributed by atoms with E-state index in [0.717, 1.165) is 24.1 Å². The van der Waals surface area contributed by atoms with Crippen LogP contribution in [0.3, 0.4) is 0 Å². The zero-order valence-corrected chi connectivity index (χ0v) is 18.5. The number of nitrogens with zero attached hydrogens (tertiary/aromatic N) is 8. The average Bonchev–Trinajstić information content (AvgIpc) is 3.54. The highest BCUT2D eigenvalue weighted by Gasteiger charge is 2.31. The first-order chi connectivity index (χ1) is 16.0. The lowest BCUT2D eigenvalue weighted by atomic mass is 10.1. The second kappa shape index (κ2) is 8.49. The minimum Gasteiger partial charge on any atom is -0.337 e. The third kappa shape index (κ3) is 4.21. The van der Waals surface area contributed by atoms with Gasteiger partial charge in [-0.05, 0) is 30.9 Å². The van der Waals surface area contributed by atoms with Crippen molar-refractivity contribution in [2.45, 2.75) is 38.4 Å². The van der Waals surface area contributed by atoms with Crippen molar-refractivity contribution >= 4 is 17.6 Å². The van der Waals surface area contributed by atoms with E-state index < -0.39 is 11.9 Å². The fourth-order valence-electron chi connectivity index (χ4n) is 4.04. The number of likely N-dealkylation sites (N-methyl/N-ethyl adjacent to an activating group) is 1. The van der Waals surface area contributed by atoms with Gasteiger partial charge in [-0.15, -0.1) is 5.10 Å². The molecule has 3 aromatic rings. The van der Waals surface area contributed by atoms with Gasteiger partial charge in [-0.3, -0.25) is 19.2 Å². The summed E-state index contributed by atoms with van der Waals surface area (Å²) < 4.78 is 5.11. The maximum absolute atomic E-state index is 13.1. The molecule has 0 fully saturated rings. The highest BCUT2D eigenvalue weighted by atomic mass is 16.2. The molecular formula is C22H25N9O2. The first kappa shape index (κ1) is 20.9. The number of aryl methyl sites for hydroxylation is 2. The van der Waals surface area contributed by atoms with Crippen LogP contribution >= 0.6 is 0 Å². The van der Waals surface area contributed by atoms with Crippen molar-refractivity contribution in [1.29, 1.82) is 0 Å². The van der Waals surface area contributed by atoms with Crippen LogP contribution < -0.4 is 10.2 Å². The minimum absolute atomic E-state index is 0.0465. The second-order valence-corrected chi connectivity index (χ2v) is 8.22. The number of allylic oxidation sites excluding steroid dienone is 4. The molecule has 11 heteroatoms. The van der Waals surface area contributed by atoms with E-state index in [0.29, 0.717) is 31.0 Å². The summed E-state index contributed by atoms with van der Waals surface area (Å²) in [7, 11) is 3.52. The summed E-state index contributed by atoms with van der Waals surface area (Å²) in [5, 5.41) is 16.1. The van der Waals surface area contributed by atoms with Gasteiger partial charge in [-0.2, -0.15) is 10.2 Å². The first-order valence-corrected chi connectivity index (χ1v) is 10.9. The number of amides is 2. The smallest absolute Gasteiger partial charge is 0.291 e. The Balaban J connectivity index is 1.26. The summed E-state index contributed by atoms with van der Waals surface area (Å²) in [6.07, 6.45) is 12.2. The van der Waals surface area contributed by atoms with Gasteiger partial charge in [0.2, 0.25) is 5.82 Å². The van der Waals surface area contributed by atoms with Crippen LogP contribution in [0.5, 0.6) is 0 Å². The third-order valence-corrected chi connectivity index (χ3v) is 5.80. The number of nitrogens with one attached hydrogen (secondary N) is 1. The van der Waals surface area contributed by atoms with E-state index in [4.69, 9.17) is 0 Å². The summed E-state index contributed by atoms with van der Waals surface area (Å²) in [5.41, 5.74) is 2.58. The summed E-state index contributed by atoms with van der Waals surface area (Å²) in [6.45, 7) is 1.03. The zero-order chi connectivity index (χ0) is 22.9. The summed E-state index contributed by atoms with van der Waals surface area (Å²) >= 11 is 0. The van der Waals surface area contributed by atoms with Gasteiger partial charge in [0.05, 0.1) is 6.54 Å². The van der Waals surface area contributed by atoms with Crippen LogP contribution in [0.4, 0.5) is 5.82 Å². The molecule has 3 aromatic heterocycles. The maximum Gasteiger partial charge on any atom is 0.291 e. The summed E-state index contributed by atoms with van der Waals surface area (Å²) in [5.74, 6) is 0.0211. The minimum atomic E-state index is -0.696. The van der Waals surface area contributed by atoms with Gasteiger partial charge in [-0.25, -0.2) is 14.3 Å². The van der Waals surface area contributed by atoms with Gasteiger partial charge >= 0.3 is 0 Å². The Kier molecular flexibility index (Phi) is 5.37. The maximum atomic E-state index is 13.1. The predicted octanol–water partition coefficient (Wildman–Crippen LogP) is 1.32. The zero-order valence-electron chi connectivity index (χ0n) is 18.5. The van der Waals surface area contributed by atoms with E-state index in [9.17, 15) is 9.59 Å². The normalized spacial score (nSPS) is 18.1. The van der Waals surface area contributed by atoms with Gasteiger partial charge in [0.25, 0.3) is 11.8 Å². The Morgan fingerprint density at radius 2 is 2.06 bits per heavy atom. The average molecular weight is 448 g/mol. The standard InChI is InChI=1S/C22H25N9O2/c1-28-10-8-16(25-28)18-12-19-29(2)22(33)17(9-11-31(19)26-18)24-21(32)20-23-14-30(27-20)13-15-6-4-3-5-7-15/h4,6-8,10,12,14,17H,3,5,9,11,13H2,1-2H3,(H,24,32). The van der Waals surface area contributed by atoms with Crippen LogP contribution in [0.25, 0.3) is 11.4 Å². The molecule has 1 aliphatic carbocycles. The van der Waals surface area contributed by atoms with Crippen molar-refractivity contribution in [2.24, 2.45) is 7.05 Å². The van der Waals surface area contributed by atoms with Crippen LogP contribution in [0.15, 0.2) is 48.5 Å². The number of aromatic nitrogens is 7. The molecule has 1 aliphatic heterocycles. The fourth-order valence-corrected chi connectivity index (χ4v) is 4.04. The van der Waals surface area contributed by atoms with Crippen molar-refractivity contribution in [3.63, 3.8) is 0 Å². The lowest BCUT2D eigenvalue weighted by Gasteiger charge is -2.19. The molecular weight excluding hydrogens is 422 g/mol. The molecule has 0 bridgehead atoms. The molecule has 1 atom stereocenters. The van der Waals surface area contributed by atoms with Crippen LogP contribution in [-0.2, 0) is 24.9 Å². The molecule has 1 unspecified atom stereocenters. The monoisotopic (exact) mass is 447 g/mol. The van der Waals surface area contributed by atoms with Crippen molar-refractivity contribution < 1.29 is 9.59 Å². The van der Waals surface area contributed by atoms with Crippen LogP contribution in [-0.4, -0.2) is 59.2 Å². The molecule has 0 saturated carbocycles. The van der Waals surface area contributed by atoms with Crippen molar-refractivity contribution in [3.8, 4) is 11.4 Å². The highest BCUT2D eigenvalue weighted by molar-refractivity contribution is 6.01. The molecule has 11 nitrogen and oxygen atoms in total. The number of hydrogen-bond acceptors (Lipinski definition) is 6. The Morgan fingerprint density at radius 3 is 2.82 bits per heavy atom. The fraction of sp³-hybridized carbons (Fsp3) is 0.364. The highest BCUT2D eigenvalue weighted by Crippen LogP contribution is 2.26. The number of carbonyl (C=O) groups excluding carboxylic acids is 2. The third-order valence-electron chi connectivity index (χ3n) is 5.80. The largest absolute Gasteiger partial charge is 0.337 e. The molecule has 1 N–H and O–H groups in total. The van der Waals surface area contributed by atoms with E-state index in [-0.39, 0.29) is 11.7 Å². The molecule has 0 spiro atoms. The molecule has 2 amide bonds. The van der Waals surface area contributed by atoms with E-state index in [1.807, 2.05) is 25.4 Å². The van der Waals surface area contributed by atoms with Crippen LogP contribution in [0, 0.1) is 0 Å². The molecule has 4 heterocycles. The van der Waals surface area contributed by atoms with Crippen molar-refractivity contribution in [1.82, 2.24) is 39.6 Å². The van der Waals surface area contributed by atoms with E-state index in [2.05, 4.69) is 43.8 Å². The number of carbonyl (C=O) groups is 2. The van der Waals surface area contributed by atoms with Gasteiger partial charge in [0.1, 0.15) is 29.6 Å². The van der Waals surface area contributed by atoms with Gasteiger partial charge in [0, 0.05) is 32.9 Å². The Morgan fingerprint density at radius 1 is 1.18 bits per heavy atom. The van der Waals surface area contributed by atoms with Gasteiger partial charge < -0.3 is 5.32 Å². The van der Waals surface area contributed by atoms with E-state index in [1.54, 1.807) is 21.1 Å². The summed E-state index contributed by atoms with van der Waals surface area (Å²) in [4.78, 5) is 31.5. The molecule has 33 heavy (non-hydrogen) atoms. The van der Waals surface area contributed by atoms with E-state index in [1.165, 1.54) is 11.2 Å².